The number of aliphatic hydroxyl groups excluding tert-OH is 3. The molecular weight excluding hydrogens is 448 g/mol. The highest BCUT2D eigenvalue weighted by Crippen LogP contribution is 2.39. The highest BCUT2D eigenvalue weighted by molar-refractivity contribution is 6.76. The van der Waals surface area contributed by atoms with Crippen molar-refractivity contribution in [3.05, 3.63) is 12.7 Å². The minimum absolute atomic E-state index is 0.251. The fourth-order valence-corrected chi connectivity index (χ4v) is 6.31. The molecule has 0 radical (unpaired) electrons. The Morgan fingerprint density at radius 2 is 1.30 bits per heavy atom. The first-order valence-electron chi connectivity index (χ1n) is 11.8. The molecule has 33 heavy (non-hydrogen) atoms. The second-order valence-electron chi connectivity index (χ2n) is 11.4. The molecule has 0 aliphatic carbocycles. The predicted molar refractivity (Wildman–Crippen MR) is 123 cm³/mol. The molecular formula is C23H42O9Si. The van der Waals surface area contributed by atoms with Crippen LogP contribution in [0.15, 0.2) is 12.7 Å². The molecule has 4 aliphatic heterocycles. The highest BCUT2D eigenvalue weighted by atomic mass is 28.3. The molecule has 0 bridgehead atoms. The first-order valence-corrected chi connectivity index (χ1v) is 15.5. The van der Waals surface area contributed by atoms with Crippen molar-refractivity contribution in [1.29, 1.82) is 0 Å². The van der Waals surface area contributed by atoms with Crippen LogP contribution in [0.3, 0.4) is 0 Å². The molecule has 4 heterocycles. The lowest BCUT2D eigenvalue weighted by Crippen LogP contribution is -2.37. The van der Waals surface area contributed by atoms with Gasteiger partial charge < -0.3 is 43.7 Å². The van der Waals surface area contributed by atoms with E-state index in [9.17, 15) is 15.3 Å². The molecule has 3 N–H and O–H groups in total. The van der Waals surface area contributed by atoms with Gasteiger partial charge in [-0.25, -0.2) is 0 Å². The minimum atomic E-state index is -1.32. The lowest BCUT2D eigenvalue weighted by atomic mass is 10.1. The fourth-order valence-electron chi connectivity index (χ4n) is 4.73. The summed E-state index contributed by atoms with van der Waals surface area (Å²) >= 11 is 0. The third-order valence-corrected chi connectivity index (χ3v) is 7.68. The predicted octanol–water partition coefficient (Wildman–Crippen LogP) is 2.11. The first-order chi connectivity index (χ1) is 15.1. The summed E-state index contributed by atoms with van der Waals surface area (Å²) in [4.78, 5) is 0. The summed E-state index contributed by atoms with van der Waals surface area (Å²) in [5.74, 6) is -1.37. The Morgan fingerprint density at radius 1 is 0.848 bits per heavy atom. The minimum Gasteiger partial charge on any atom is -0.393 e. The molecule has 3 unspecified atom stereocenters. The number of rotatable bonds is 6. The van der Waals surface area contributed by atoms with Crippen LogP contribution in [0.1, 0.15) is 40.5 Å². The van der Waals surface area contributed by atoms with Gasteiger partial charge in [0.25, 0.3) is 0 Å². The number of hydrogen-bond acceptors (Lipinski definition) is 9. The second-order valence-corrected chi connectivity index (χ2v) is 17.0. The van der Waals surface area contributed by atoms with Crippen LogP contribution in [0.2, 0.25) is 25.7 Å². The van der Waals surface area contributed by atoms with E-state index in [4.69, 9.17) is 28.4 Å². The molecule has 4 rings (SSSR count). The van der Waals surface area contributed by atoms with Crippen molar-refractivity contribution in [2.45, 2.75) is 133 Å². The maximum atomic E-state index is 10.2. The van der Waals surface area contributed by atoms with E-state index in [1.165, 1.54) is 0 Å². The van der Waals surface area contributed by atoms with Crippen molar-refractivity contribution >= 4 is 8.07 Å². The smallest absolute Gasteiger partial charge is 0.190 e. The highest BCUT2D eigenvalue weighted by Gasteiger charge is 2.55. The van der Waals surface area contributed by atoms with Gasteiger partial charge in [0.2, 0.25) is 0 Å². The summed E-state index contributed by atoms with van der Waals surface area (Å²) in [5, 5.41) is 30.1. The van der Waals surface area contributed by atoms with E-state index < -0.39 is 62.7 Å². The zero-order valence-corrected chi connectivity index (χ0v) is 21.9. The maximum Gasteiger partial charge on any atom is 0.190 e. The summed E-state index contributed by atoms with van der Waals surface area (Å²) < 4.78 is 33.4. The summed E-state index contributed by atoms with van der Waals surface area (Å²) in [6, 6.07) is 0.808. The van der Waals surface area contributed by atoms with E-state index in [1.54, 1.807) is 19.9 Å². The van der Waals surface area contributed by atoms with Gasteiger partial charge in [-0.1, -0.05) is 25.7 Å². The Hall–Kier alpha value is -0.403. The summed E-state index contributed by atoms with van der Waals surface area (Å²) in [6.45, 7) is 17.5. The standard InChI is InChI=1S/C13H26O5Si.C10H16O4/c1-13(2)17-11-10(15)9(16-12(11)18-13)6-8(14)7-19(3,4)5;1-4-5-6-7(11)8-9(12-6)14-10(2,3)13-8/h8-12,14-15H,6-7H2,1-5H3;4,6-9,11H,1,5H2,2-3H3/t8?,9-,10+,11?,12-;6-,7+,8?,9-/m11/s1. The largest absolute Gasteiger partial charge is 0.393 e. The molecule has 9 atom stereocenters. The molecule has 4 aliphatic rings. The Labute approximate surface area is 198 Å². The van der Waals surface area contributed by atoms with Crippen molar-refractivity contribution in [2.24, 2.45) is 0 Å². The molecule has 4 fully saturated rings. The van der Waals surface area contributed by atoms with Crippen molar-refractivity contribution < 1.29 is 43.7 Å². The lowest BCUT2D eigenvalue weighted by Gasteiger charge is -2.26. The molecule has 4 saturated heterocycles. The van der Waals surface area contributed by atoms with Gasteiger partial charge in [-0.2, -0.15) is 0 Å². The van der Waals surface area contributed by atoms with Crippen LogP contribution in [-0.4, -0.2) is 90.3 Å². The number of fused-ring (bicyclic) bond motifs is 2. The quantitative estimate of drug-likeness (QED) is 0.380. The fraction of sp³-hybridized carbons (Fsp3) is 0.913. The number of ether oxygens (including phenoxy) is 6. The van der Waals surface area contributed by atoms with Crippen LogP contribution in [0.4, 0.5) is 0 Å². The average Bonchev–Trinajstić information content (AvgIpc) is 3.28. The van der Waals surface area contributed by atoms with E-state index in [-0.39, 0.29) is 12.2 Å². The Kier molecular flexibility index (Phi) is 8.18. The molecule has 0 aromatic carbocycles. The van der Waals surface area contributed by atoms with Crippen LogP contribution in [-0.2, 0) is 28.4 Å². The summed E-state index contributed by atoms with van der Waals surface area (Å²) in [7, 11) is -1.32. The SMILES string of the molecule is C=CC[C@H]1O[C@@H]2OC(C)(C)OC2[C@H]1O.CC1(C)OC2[C@H](O[C@H](CC(O)C[Si](C)(C)C)[C@@H]2O)O1. The van der Waals surface area contributed by atoms with Crippen molar-refractivity contribution in [2.75, 3.05) is 0 Å². The molecule has 0 amide bonds. The Morgan fingerprint density at radius 3 is 1.73 bits per heavy atom. The molecule has 9 nitrogen and oxygen atoms in total. The average molecular weight is 491 g/mol. The van der Waals surface area contributed by atoms with Gasteiger partial charge in [0, 0.05) is 14.5 Å². The summed E-state index contributed by atoms with van der Waals surface area (Å²) in [6.07, 6.45) is -1.45. The van der Waals surface area contributed by atoms with Crippen LogP contribution in [0.25, 0.3) is 0 Å². The van der Waals surface area contributed by atoms with Crippen LogP contribution in [0, 0.1) is 0 Å². The van der Waals surface area contributed by atoms with Crippen molar-refractivity contribution in [3.63, 3.8) is 0 Å². The summed E-state index contributed by atoms with van der Waals surface area (Å²) in [5.41, 5.74) is 0. The lowest BCUT2D eigenvalue weighted by molar-refractivity contribution is -0.217. The van der Waals surface area contributed by atoms with Gasteiger partial charge in [0.1, 0.15) is 24.4 Å². The van der Waals surface area contributed by atoms with Crippen LogP contribution in [0.5, 0.6) is 0 Å². The Bertz CT molecular complexity index is 679. The van der Waals surface area contributed by atoms with Gasteiger partial charge in [0.05, 0.1) is 18.3 Å². The van der Waals surface area contributed by atoms with E-state index in [0.717, 1.165) is 6.04 Å². The zero-order valence-electron chi connectivity index (χ0n) is 20.9. The van der Waals surface area contributed by atoms with E-state index in [2.05, 4.69) is 26.2 Å². The molecule has 10 heteroatoms. The Balaban J connectivity index is 0.000000194. The third kappa shape index (κ3) is 6.84. The third-order valence-electron chi connectivity index (χ3n) is 5.98. The first kappa shape index (κ1) is 27.2. The van der Waals surface area contributed by atoms with Crippen LogP contribution >= 0.6 is 0 Å². The normalized spacial score (nSPS) is 41.8. The molecule has 192 valence electrons. The molecule has 0 aromatic rings. The van der Waals surface area contributed by atoms with Gasteiger partial charge in [0.15, 0.2) is 24.2 Å². The maximum absolute atomic E-state index is 10.2. The van der Waals surface area contributed by atoms with Gasteiger partial charge in [-0.15, -0.1) is 6.58 Å². The monoisotopic (exact) mass is 490 g/mol. The molecule has 0 saturated carbocycles. The van der Waals surface area contributed by atoms with Crippen molar-refractivity contribution in [3.8, 4) is 0 Å². The number of aliphatic hydroxyl groups is 3. The van der Waals surface area contributed by atoms with Gasteiger partial charge >= 0.3 is 0 Å². The van der Waals surface area contributed by atoms with E-state index in [1.807, 2.05) is 13.8 Å². The topological polar surface area (TPSA) is 116 Å². The van der Waals surface area contributed by atoms with E-state index in [0.29, 0.717) is 12.8 Å². The molecule has 0 aromatic heterocycles. The van der Waals surface area contributed by atoms with E-state index >= 15 is 0 Å². The second kappa shape index (κ2) is 9.92. The van der Waals surface area contributed by atoms with Gasteiger partial charge in [-0.05, 0) is 40.2 Å². The van der Waals surface area contributed by atoms with Crippen molar-refractivity contribution in [1.82, 2.24) is 0 Å². The number of hydrogen-bond donors (Lipinski definition) is 3. The molecule has 0 spiro atoms. The zero-order chi connectivity index (χ0) is 24.8. The van der Waals surface area contributed by atoms with Gasteiger partial charge in [-0.3, -0.25) is 0 Å². The van der Waals surface area contributed by atoms with Crippen LogP contribution < -0.4 is 0 Å².